The van der Waals surface area contributed by atoms with E-state index in [0.717, 1.165) is 41.6 Å². The minimum absolute atomic E-state index is 0.220. The largest absolute Gasteiger partial charge is 0.324 e. The van der Waals surface area contributed by atoms with Gasteiger partial charge in [-0.05, 0) is 68.5 Å². The van der Waals surface area contributed by atoms with Crippen LogP contribution in [0.2, 0.25) is 0 Å². The third kappa shape index (κ3) is 4.42. The van der Waals surface area contributed by atoms with Crippen molar-refractivity contribution in [2.75, 3.05) is 23.3 Å². The topological polar surface area (TPSA) is 86.8 Å². The lowest BCUT2D eigenvalue weighted by atomic mass is 10.0. The minimum atomic E-state index is -3.59. The lowest BCUT2D eigenvalue weighted by Gasteiger charge is -2.26. The molecule has 4 rings (SSSR count). The number of anilines is 2. The second kappa shape index (κ2) is 8.91. The Balaban J connectivity index is 1.63. The lowest BCUT2D eigenvalue weighted by Crippen LogP contribution is -2.44. The summed E-state index contributed by atoms with van der Waals surface area (Å²) in [6, 6.07) is 8.12. The molecule has 0 aliphatic carbocycles. The molecule has 176 valence electrons. The molecule has 2 aromatic carbocycles. The first-order valence-electron chi connectivity index (χ1n) is 11.4. The van der Waals surface area contributed by atoms with Crippen LogP contribution in [0.3, 0.4) is 0 Å². The number of carbonyl (C=O) groups is 2. The number of hydrogen-bond acceptors (Lipinski definition) is 4. The Hall–Kier alpha value is -2.71. The number of hydrogen-bond donors (Lipinski definition) is 1. The van der Waals surface area contributed by atoms with Crippen LogP contribution in [0.1, 0.15) is 48.4 Å². The summed E-state index contributed by atoms with van der Waals surface area (Å²) in [6.07, 6.45) is 3.04. The van der Waals surface area contributed by atoms with E-state index < -0.39 is 16.1 Å². The Morgan fingerprint density at radius 2 is 1.61 bits per heavy atom. The summed E-state index contributed by atoms with van der Waals surface area (Å²) in [6.45, 7) is 8.37. The molecule has 1 atom stereocenters. The van der Waals surface area contributed by atoms with Crippen LogP contribution in [-0.2, 0) is 26.0 Å². The highest BCUT2D eigenvalue weighted by atomic mass is 32.2. The molecule has 2 aliphatic rings. The quantitative estimate of drug-likeness (QED) is 0.740. The van der Waals surface area contributed by atoms with Crippen molar-refractivity contribution >= 4 is 33.2 Å². The first-order valence-corrected chi connectivity index (χ1v) is 12.8. The Morgan fingerprint density at radius 3 is 2.21 bits per heavy atom. The molecule has 2 aliphatic heterocycles. The molecule has 1 N–H and O–H groups in total. The third-order valence-corrected chi connectivity index (χ3v) is 8.45. The molecular weight excluding hydrogens is 438 g/mol. The second-order valence-electron chi connectivity index (χ2n) is 9.13. The SMILES string of the molecule is CC(=O)N1c2ccc(S(=O)(=O)N3CCCCC3)cc2C[C@H]1C(=O)Nc1c(C)cc(C)cc1C. The summed E-state index contributed by atoms with van der Waals surface area (Å²) in [7, 11) is -3.59. The van der Waals surface area contributed by atoms with Crippen LogP contribution in [0.4, 0.5) is 11.4 Å². The third-order valence-electron chi connectivity index (χ3n) is 6.56. The molecule has 0 unspecified atom stereocenters. The summed E-state index contributed by atoms with van der Waals surface area (Å²) < 4.78 is 27.8. The highest BCUT2D eigenvalue weighted by Gasteiger charge is 2.38. The Morgan fingerprint density at radius 1 is 0.970 bits per heavy atom. The molecule has 33 heavy (non-hydrogen) atoms. The van der Waals surface area contributed by atoms with Crippen LogP contribution < -0.4 is 10.2 Å². The summed E-state index contributed by atoms with van der Waals surface area (Å²) >= 11 is 0. The van der Waals surface area contributed by atoms with Gasteiger partial charge in [0.25, 0.3) is 0 Å². The van der Waals surface area contributed by atoms with Crippen molar-refractivity contribution < 1.29 is 18.0 Å². The predicted molar refractivity (Wildman–Crippen MR) is 129 cm³/mol. The van der Waals surface area contributed by atoms with Crippen LogP contribution >= 0.6 is 0 Å². The smallest absolute Gasteiger partial charge is 0.247 e. The second-order valence-corrected chi connectivity index (χ2v) is 11.1. The van der Waals surface area contributed by atoms with Gasteiger partial charge in [0.05, 0.1) is 4.90 Å². The Bertz CT molecular complexity index is 1190. The molecule has 0 spiro atoms. The maximum absolute atomic E-state index is 13.3. The minimum Gasteiger partial charge on any atom is -0.324 e. The van der Waals surface area contributed by atoms with Crippen molar-refractivity contribution in [3.8, 4) is 0 Å². The van der Waals surface area contributed by atoms with Crippen molar-refractivity contribution in [1.82, 2.24) is 4.31 Å². The van der Waals surface area contributed by atoms with Crippen LogP contribution in [0.25, 0.3) is 0 Å². The number of sulfonamides is 1. The van der Waals surface area contributed by atoms with Crippen LogP contribution in [0.5, 0.6) is 0 Å². The number of benzene rings is 2. The number of aryl methyl sites for hydroxylation is 3. The number of carbonyl (C=O) groups excluding carboxylic acids is 2. The molecule has 0 bridgehead atoms. The molecular formula is C25H31N3O4S. The monoisotopic (exact) mass is 469 g/mol. The van der Waals surface area contributed by atoms with E-state index in [1.165, 1.54) is 16.1 Å². The first-order chi connectivity index (χ1) is 15.6. The number of nitrogens with one attached hydrogen (secondary N) is 1. The van der Waals surface area contributed by atoms with E-state index in [9.17, 15) is 18.0 Å². The molecule has 0 aromatic heterocycles. The van der Waals surface area contributed by atoms with E-state index in [1.807, 2.05) is 32.9 Å². The van der Waals surface area contributed by atoms with Gasteiger partial charge in [-0.2, -0.15) is 4.31 Å². The van der Waals surface area contributed by atoms with Gasteiger partial charge in [-0.15, -0.1) is 0 Å². The van der Waals surface area contributed by atoms with E-state index >= 15 is 0 Å². The van der Waals surface area contributed by atoms with Gasteiger partial charge in [-0.25, -0.2) is 8.42 Å². The maximum Gasteiger partial charge on any atom is 0.247 e. The van der Waals surface area contributed by atoms with Gasteiger partial charge >= 0.3 is 0 Å². The molecule has 2 heterocycles. The molecule has 7 nitrogen and oxygen atoms in total. The zero-order valence-electron chi connectivity index (χ0n) is 19.6. The standard InChI is InChI=1S/C25H31N3O4S/c1-16-12-17(2)24(18(3)13-16)26-25(30)23-15-20-14-21(8-9-22(20)28(23)19(4)29)33(31,32)27-10-6-5-7-11-27/h8-9,12-14,23H,5-7,10-11,15H2,1-4H3,(H,26,30)/t23-/m0/s1. The van der Waals surface area contributed by atoms with Gasteiger partial charge in [0.1, 0.15) is 6.04 Å². The van der Waals surface area contributed by atoms with E-state index in [4.69, 9.17) is 0 Å². The zero-order valence-corrected chi connectivity index (χ0v) is 20.5. The molecule has 1 fully saturated rings. The van der Waals surface area contributed by atoms with Crippen LogP contribution in [0, 0.1) is 20.8 Å². The fraction of sp³-hybridized carbons (Fsp3) is 0.440. The highest BCUT2D eigenvalue weighted by molar-refractivity contribution is 7.89. The molecule has 2 amide bonds. The Kier molecular flexibility index (Phi) is 6.33. The van der Waals surface area contributed by atoms with E-state index in [0.29, 0.717) is 24.3 Å². The van der Waals surface area contributed by atoms with Crippen LogP contribution in [0.15, 0.2) is 35.2 Å². The number of nitrogens with zero attached hydrogens (tertiary/aromatic N) is 2. The van der Waals surface area contributed by atoms with Gasteiger partial charge in [0.15, 0.2) is 0 Å². The number of amides is 2. The van der Waals surface area contributed by atoms with Gasteiger partial charge in [-0.3, -0.25) is 14.5 Å². The van der Waals surface area contributed by atoms with E-state index in [-0.39, 0.29) is 23.1 Å². The molecule has 2 aromatic rings. The van der Waals surface area contributed by atoms with Gasteiger partial charge in [0, 0.05) is 37.8 Å². The number of rotatable bonds is 4. The fourth-order valence-corrected chi connectivity index (χ4v) is 6.59. The highest BCUT2D eigenvalue weighted by Crippen LogP contribution is 2.36. The average Bonchev–Trinajstić information content (AvgIpc) is 3.16. The summed E-state index contributed by atoms with van der Waals surface area (Å²) in [4.78, 5) is 27.5. The first kappa shape index (κ1) is 23.4. The molecule has 0 radical (unpaired) electrons. The lowest BCUT2D eigenvalue weighted by molar-refractivity contribution is -0.122. The normalized spacial score (nSPS) is 18.8. The molecule has 8 heteroatoms. The molecule has 0 saturated carbocycles. The van der Waals surface area contributed by atoms with Crippen molar-refractivity contribution in [3.05, 3.63) is 52.6 Å². The van der Waals surface area contributed by atoms with Crippen molar-refractivity contribution in [1.29, 1.82) is 0 Å². The van der Waals surface area contributed by atoms with Crippen molar-refractivity contribution in [3.63, 3.8) is 0 Å². The van der Waals surface area contributed by atoms with Crippen molar-refractivity contribution in [2.45, 2.75) is 64.3 Å². The van der Waals surface area contributed by atoms with Gasteiger partial charge < -0.3 is 5.32 Å². The summed E-state index contributed by atoms with van der Waals surface area (Å²) in [5.41, 5.74) is 5.07. The Labute approximate surface area is 195 Å². The van der Waals surface area contributed by atoms with Gasteiger partial charge in [-0.1, -0.05) is 24.1 Å². The van der Waals surface area contributed by atoms with Crippen LogP contribution in [-0.4, -0.2) is 43.7 Å². The van der Waals surface area contributed by atoms with E-state index in [1.54, 1.807) is 18.2 Å². The predicted octanol–water partition coefficient (Wildman–Crippen LogP) is 3.70. The van der Waals surface area contributed by atoms with E-state index in [2.05, 4.69) is 5.32 Å². The number of fused-ring (bicyclic) bond motifs is 1. The van der Waals surface area contributed by atoms with Crippen molar-refractivity contribution in [2.24, 2.45) is 0 Å². The average molecular weight is 470 g/mol. The molecule has 1 saturated heterocycles. The fourth-order valence-electron chi connectivity index (χ4n) is 5.03. The summed E-state index contributed by atoms with van der Waals surface area (Å²) in [5.74, 6) is -0.533. The summed E-state index contributed by atoms with van der Waals surface area (Å²) in [5, 5.41) is 3.00. The van der Waals surface area contributed by atoms with Gasteiger partial charge in [0.2, 0.25) is 21.8 Å². The maximum atomic E-state index is 13.3. The zero-order chi connectivity index (χ0) is 23.9. The number of piperidine rings is 1.